The first-order valence-corrected chi connectivity index (χ1v) is 11.2. The number of sulfone groups is 1. The summed E-state index contributed by atoms with van der Waals surface area (Å²) in [5.74, 6) is -0.714. The quantitative estimate of drug-likeness (QED) is 0.603. The molecule has 0 aromatic heterocycles. The minimum absolute atomic E-state index is 0.0763. The average Bonchev–Trinajstić information content (AvgIpc) is 2.91. The molecule has 2 amide bonds. The third-order valence-corrected chi connectivity index (χ3v) is 5.34. The third-order valence-electron chi connectivity index (χ3n) is 4.36. The molecule has 1 aromatic carbocycles. The molecule has 1 aliphatic rings. The van der Waals surface area contributed by atoms with E-state index in [1.165, 1.54) is 4.90 Å². The molecule has 0 saturated heterocycles. The highest BCUT2D eigenvalue weighted by Gasteiger charge is 2.36. The predicted molar refractivity (Wildman–Crippen MR) is 103 cm³/mol. The van der Waals surface area contributed by atoms with Gasteiger partial charge in [0.25, 0.3) is 5.91 Å². The van der Waals surface area contributed by atoms with Crippen LogP contribution in [0.25, 0.3) is 0 Å². The van der Waals surface area contributed by atoms with Gasteiger partial charge in [-0.2, -0.15) is 0 Å². The maximum atomic E-state index is 12.7. The van der Waals surface area contributed by atoms with Crippen molar-refractivity contribution in [1.82, 2.24) is 10.2 Å². The first kappa shape index (κ1) is 21.4. The number of hydrogen-bond donors (Lipinski definition) is 1. The van der Waals surface area contributed by atoms with Crippen LogP contribution in [0.5, 0.6) is 0 Å². The first-order valence-electron chi connectivity index (χ1n) is 9.15. The lowest BCUT2D eigenvalue weighted by atomic mass is 10.1. The second-order valence-electron chi connectivity index (χ2n) is 7.09. The Kier molecular flexibility index (Phi) is 7.38. The summed E-state index contributed by atoms with van der Waals surface area (Å²) in [6.45, 7) is 5.14. The number of carbonyl (C=O) groups excluding carboxylic acids is 2. The summed E-state index contributed by atoms with van der Waals surface area (Å²) in [5, 5.41) is 2.81. The minimum Gasteiger partial charge on any atom is -0.379 e. The van der Waals surface area contributed by atoms with Crippen molar-refractivity contribution in [3.63, 3.8) is 0 Å². The van der Waals surface area contributed by atoms with E-state index in [0.717, 1.165) is 11.8 Å². The lowest BCUT2D eigenvalue weighted by Gasteiger charge is -2.26. The van der Waals surface area contributed by atoms with Crippen LogP contribution in [0.4, 0.5) is 0 Å². The third kappa shape index (κ3) is 6.32. The second kappa shape index (κ2) is 9.32. The van der Waals surface area contributed by atoms with Crippen molar-refractivity contribution in [1.29, 1.82) is 0 Å². The number of ether oxygens (including phenoxy) is 1. The van der Waals surface area contributed by atoms with E-state index in [2.05, 4.69) is 5.32 Å². The molecule has 1 heterocycles. The Morgan fingerprint density at radius 1 is 1.30 bits per heavy atom. The van der Waals surface area contributed by atoms with Gasteiger partial charge in [0.2, 0.25) is 5.91 Å². The molecular formula is C19H28N2O5S. The maximum Gasteiger partial charge on any atom is 0.255 e. The van der Waals surface area contributed by atoms with E-state index in [9.17, 15) is 18.0 Å². The molecular weight excluding hydrogens is 368 g/mol. The number of benzene rings is 1. The van der Waals surface area contributed by atoms with Gasteiger partial charge in [0, 0.05) is 31.5 Å². The fraction of sp³-hybridized carbons (Fsp3) is 0.579. The molecule has 0 saturated carbocycles. The van der Waals surface area contributed by atoms with Crippen molar-refractivity contribution in [2.24, 2.45) is 0 Å². The van der Waals surface area contributed by atoms with Crippen molar-refractivity contribution in [2.75, 3.05) is 25.2 Å². The van der Waals surface area contributed by atoms with Gasteiger partial charge in [0.1, 0.15) is 15.9 Å². The molecule has 1 N–H and O–H groups in total. The molecule has 0 unspecified atom stereocenters. The summed E-state index contributed by atoms with van der Waals surface area (Å²) in [7, 11) is -3.24. The van der Waals surface area contributed by atoms with Gasteiger partial charge in [-0.1, -0.05) is 18.2 Å². The number of rotatable bonds is 10. The van der Waals surface area contributed by atoms with Crippen LogP contribution in [-0.2, 0) is 25.9 Å². The fourth-order valence-electron chi connectivity index (χ4n) is 3.00. The van der Waals surface area contributed by atoms with Gasteiger partial charge in [0.15, 0.2) is 0 Å². The van der Waals surface area contributed by atoms with Crippen LogP contribution in [-0.4, -0.2) is 62.4 Å². The molecule has 27 heavy (non-hydrogen) atoms. The van der Waals surface area contributed by atoms with Crippen molar-refractivity contribution < 1.29 is 22.7 Å². The summed E-state index contributed by atoms with van der Waals surface area (Å²) in [4.78, 5) is 26.9. The van der Waals surface area contributed by atoms with Gasteiger partial charge in [-0.3, -0.25) is 9.59 Å². The summed E-state index contributed by atoms with van der Waals surface area (Å²) < 4.78 is 28.6. The summed E-state index contributed by atoms with van der Waals surface area (Å²) in [5.41, 5.74) is 1.42. The van der Waals surface area contributed by atoms with Gasteiger partial charge in [0.05, 0.1) is 11.9 Å². The van der Waals surface area contributed by atoms with Gasteiger partial charge in [-0.15, -0.1) is 0 Å². The summed E-state index contributed by atoms with van der Waals surface area (Å²) in [6, 6.07) is 6.39. The Morgan fingerprint density at radius 2 is 2.00 bits per heavy atom. The van der Waals surface area contributed by atoms with Gasteiger partial charge in [-0.25, -0.2) is 8.42 Å². The largest absolute Gasteiger partial charge is 0.379 e. The standard InChI is InChI=1S/C19H28N2O5S/c1-14(2)26-11-6-10-20-18(22)17(9-12-27(3,24)25)21-13-15-7-4-5-8-16(15)19(21)23/h4-5,7-8,14,17H,6,9-13H2,1-3H3,(H,20,22)/t17-/m0/s1. The Hall–Kier alpha value is -1.93. The molecule has 1 aromatic rings. The van der Waals surface area contributed by atoms with E-state index in [1.54, 1.807) is 12.1 Å². The van der Waals surface area contributed by atoms with Crippen LogP contribution in [0.3, 0.4) is 0 Å². The molecule has 0 radical (unpaired) electrons. The SMILES string of the molecule is CC(C)OCCCNC(=O)[C@H](CCS(C)(=O)=O)N1Cc2ccccc2C1=O. The lowest BCUT2D eigenvalue weighted by molar-refractivity contribution is -0.125. The highest BCUT2D eigenvalue weighted by Crippen LogP contribution is 2.25. The number of nitrogens with one attached hydrogen (secondary N) is 1. The molecule has 0 aliphatic carbocycles. The Bertz CT molecular complexity index is 776. The summed E-state index contributed by atoms with van der Waals surface area (Å²) >= 11 is 0. The molecule has 7 nitrogen and oxygen atoms in total. The smallest absolute Gasteiger partial charge is 0.255 e. The van der Waals surface area contributed by atoms with Crippen molar-refractivity contribution in [3.05, 3.63) is 35.4 Å². The molecule has 0 fully saturated rings. The molecule has 0 bridgehead atoms. The molecule has 150 valence electrons. The van der Waals surface area contributed by atoms with Crippen LogP contribution in [0, 0.1) is 0 Å². The molecule has 1 aliphatic heterocycles. The van der Waals surface area contributed by atoms with Gasteiger partial charge in [-0.05, 0) is 38.3 Å². The van der Waals surface area contributed by atoms with E-state index in [1.807, 2.05) is 26.0 Å². The Balaban J connectivity index is 2.03. The van der Waals surface area contributed by atoms with E-state index < -0.39 is 15.9 Å². The first-order chi connectivity index (χ1) is 12.7. The van der Waals surface area contributed by atoms with Crippen LogP contribution < -0.4 is 5.32 Å². The maximum absolute atomic E-state index is 12.7. The van der Waals surface area contributed by atoms with Crippen molar-refractivity contribution >= 4 is 21.7 Å². The van der Waals surface area contributed by atoms with Crippen molar-refractivity contribution in [2.45, 2.75) is 45.4 Å². The van der Waals surface area contributed by atoms with Crippen LogP contribution in [0.2, 0.25) is 0 Å². The highest BCUT2D eigenvalue weighted by atomic mass is 32.2. The lowest BCUT2D eigenvalue weighted by Crippen LogP contribution is -2.48. The van der Waals surface area contributed by atoms with Gasteiger partial charge < -0.3 is 15.0 Å². The zero-order valence-electron chi connectivity index (χ0n) is 16.1. The monoisotopic (exact) mass is 396 g/mol. The number of hydrogen-bond acceptors (Lipinski definition) is 5. The minimum atomic E-state index is -3.24. The van der Waals surface area contributed by atoms with Crippen LogP contribution >= 0.6 is 0 Å². The number of nitrogens with zero attached hydrogens (tertiary/aromatic N) is 1. The molecule has 2 rings (SSSR count). The second-order valence-corrected chi connectivity index (χ2v) is 9.35. The molecule has 8 heteroatoms. The molecule has 1 atom stereocenters. The van der Waals surface area contributed by atoms with E-state index in [4.69, 9.17) is 4.74 Å². The predicted octanol–water partition coefficient (Wildman–Crippen LogP) is 1.38. The Morgan fingerprint density at radius 3 is 2.63 bits per heavy atom. The number of amides is 2. The average molecular weight is 397 g/mol. The topological polar surface area (TPSA) is 92.8 Å². The van der Waals surface area contributed by atoms with Crippen LogP contribution in [0.1, 0.15) is 42.6 Å². The Labute approximate surface area is 161 Å². The van der Waals surface area contributed by atoms with Crippen LogP contribution in [0.15, 0.2) is 24.3 Å². The zero-order chi connectivity index (χ0) is 20.0. The zero-order valence-corrected chi connectivity index (χ0v) is 16.9. The molecule has 0 spiro atoms. The van der Waals surface area contributed by atoms with E-state index in [0.29, 0.717) is 31.7 Å². The van der Waals surface area contributed by atoms with Crippen molar-refractivity contribution in [3.8, 4) is 0 Å². The number of fused-ring (bicyclic) bond motifs is 1. The number of carbonyl (C=O) groups is 2. The highest BCUT2D eigenvalue weighted by molar-refractivity contribution is 7.90. The van der Waals surface area contributed by atoms with E-state index in [-0.39, 0.29) is 30.1 Å². The fourth-order valence-corrected chi connectivity index (χ4v) is 3.65. The normalized spacial score (nSPS) is 15.1. The van der Waals surface area contributed by atoms with E-state index >= 15 is 0 Å². The van der Waals surface area contributed by atoms with Gasteiger partial charge >= 0.3 is 0 Å². The summed E-state index contributed by atoms with van der Waals surface area (Å²) in [6.07, 6.45) is 1.99.